The van der Waals surface area contributed by atoms with E-state index >= 15 is 0 Å². The van der Waals surface area contributed by atoms with Crippen LogP contribution in [-0.2, 0) is 4.74 Å². The number of methoxy groups -OCH3 is 1. The predicted octanol–water partition coefficient (Wildman–Crippen LogP) is 4.73. The van der Waals surface area contributed by atoms with Gasteiger partial charge in [0.1, 0.15) is 22.2 Å². The molecule has 1 amide bonds. The van der Waals surface area contributed by atoms with E-state index in [2.05, 4.69) is 5.32 Å². The van der Waals surface area contributed by atoms with Crippen LogP contribution in [0.5, 0.6) is 0 Å². The number of amides is 1. The first-order valence-electron chi connectivity index (χ1n) is 7.53. The molecule has 3 rings (SSSR count). The summed E-state index contributed by atoms with van der Waals surface area (Å²) in [5.74, 6) is -2.41. The molecule has 1 aromatic heterocycles. The molecule has 3 aromatic rings. The number of benzene rings is 2. The number of carbonyl (C=O) groups is 2. The van der Waals surface area contributed by atoms with Gasteiger partial charge in [0.25, 0.3) is 5.91 Å². The number of ether oxygens (including phenoxy) is 1. The third kappa shape index (κ3) is 3.48. The Labute approximate surface area is 152 Å². The van der Waals surface area contributed by atoms with Crippen LogP contribution in [0.25, 0.3) is 11.1 Å². The lowest BCUT2D eigenvalue weighted by Crippen LogP contribution is -2.15. The lowest BCUT2D eigenvalue weighted by atomic mass is 10.0. The number of esters is 1. The third-order valence-electron chi connectivity index (χ3n) is 3.68. The number of hydrogen-bond donors (Lipinski definition) is 1. The zero-order valence-corrected chi connectivity index (χ0v) is 14.4. The van der Waals surface area contributed by atoms with Crippen molar-refractivity contribution >= 4 is 28.2 Å². The highest BCUT2D eigenvalue weighted by molar-refractivity contribution is 7.15. The summed E-state index contributed by atoms with van der Waals surface area (Å²) in [6.45, 7) is 0. The molecule has 0 aliphatic heterocycles. The topological polar surface area (TPSA) is 55.4 Å². The number of hydrogen-bond acceptors (Lipinski definition) is 4. The molecule has 7 heteroatoms. The van der Waals surface area contributed by atoms with Crippen LogP contribution in [0.2, 0.25) is 0 Å². The molecule has 1 N–H and O–H groups in total. The highest BCUT2D eigenvalue weighted by atomic mass is 32.1. The molecule has 26 heavy (non-hydrogen) atoms. The second-order valence-electron chi connectivity index (χ2n) is 5.29. The Bertz CT molecular complexity index is 967. The largest absolute Gasteiger partial charge is 0.465 e. The van der Waals surface area contributed by atoms with Crippen molar-refractivity contribution < 1.29 is 23.1 Å². The van der Waals surface area contributed by atoms with Gasteiger partial charge in [-0.1, -0.05) is 24.3 Å². The van der Waals surface area contributed by atoms with Gasteiger partial charge in [0.15, 0.2) is 0 Å². The van der Waals surface area contributed by atoms with Gasteiger partial charge in [-0.3, -0.25) is 4.79 Å². The van der Waals surface area contributed by atoms with Crippen LogP contribution < -0.4 is 5.32 Å². The van der Waals surface area contributed by atoms with E-state index in [1.165, 1.54) is 55.6 Å². The Morgan fingerprint density at radius 2 is 1.73 bits per heavy atom. The van der Waals surface area contributed by atoms with Crippen molar-refractivity contribution in [2.24, 2.45) is 0 Å². The molecule has 0 bridgehead atoms. The quantitative estimate of drug-likeness (QED) is 0.673. The minimum Gasteiger partial charge on any atom is -0.465 e. The van der Waals surface area contributed by atoms with Crippen molar-refractivity contribution in [2.45, 2.75) is 0 Å². The first-order chi connectivity index (χ1) is 12.5. The summed E-state index contributed by atoms with van der Waals surface area (Å²) in [4.78, 5) is 24.6. The Hall–Kier alpha value is -3.06. The van der Waals surface area contributed by atoms with Crippen LogP contribution in [0.3, 0.4) is 0 Å². The van der Waals surface area contributed by atoms with E-state index in [-0.39, 0.29) is 16.1 Å². The minimum atomic E-state index is -0.680. The molecule has 4 nitrogen and oxygen atoms in total. The van der Waals surface area contributed by atoms with Crippen molar-refractivity contribution in [2.75, 3.05) is 12.4 Å². The molecule has 2 aromatic carbocycles. The Morgan fingerprint density at radius 1 is 1.04 bits per heavy atom. The van der Waals surface area contributed by atoms with Gasteiger partial charge in [0, 0.05) is 10.9 Å². The number of halogens is 2. The van der Waals surface area contributed by atoms with Crippen molar-refractivity contribution in [3.8, 4) is 11.1 Å². The maximum atomic E-state index is 13.8. The molecule has 132 valence electrons. The minimum absolute atomic E-state index is 0.133. The molecule has 0 aliphatic carbocycles. The average Bonchev–Trinajstić information content (AvgIpc) is 3.05. The molecule has 0 radical (unpaired) electrons. The maximum Gasteiger partial charge on any atom is 0.341 e. The van der Waals surface area contributed by atoms with Gasteiger partial charge in [-0.05, 0) is 29.8 Å². The molecule has 0 spiro atoms. The van der Waals surface area contributed by atoms with Crippen molar-refractivity contribution in [1.29, 1.82) is 0 Å². The smallest absolute Gasteiger partial charge is 0.341 e. The van der Waals surface area contributed by atoms with Gasteiger partial charge in [0.2, 0.25) is 0 Å². The van der Waals surface area contributed by atoms with E-state index in [0.717, 1.165) is 11.3 Å². The summed E-state index contributed by atoms with van der Waals surface area (Å²) in [6.07, 6.45) is 0. The van der Waals surface area contributed by atoms with Crippen LogP contribution in [-0.4, -0.2) is 19.0 Å². The molecular weight excluding hydrogens is 360 g/mol. The molecular formula is C19H13F2NO3S. The zero-order chi connectivity index (χ0) is 18.7. The Kier molecular flexibility index (Phi) is 5.09. The van der Waals surface area contributed by atoms with Crippen molar-refractivity contribution in [3.05, 3.63) is 76.7 Å². The summed E-state index contributed by atoms with van der Waals surface area (Å²) in [6, 6.07) is 11.1. The Balaban J connectivity index is 2.00. The fourth-order valence-electron chi connectivity index (χ4n) is 2.41. The molecule has 0 aliphatic rings. The van der Waals surface area contributed by atoms with E-state index in [1.807, 2.05) is 0 Å². The molecule has 0 atom stereocenters. The summed E-state index contributed by atoms with van der Waals surface area (Å²) in [7, 11) is 1.22. The second kappa shape index (κ2) is 7.45. The number of anilines is 1. The van der Waals surface area contributed by atoms with E-state index in [4.69, 9.17) is 4.74 Å². The summed E-state index contributed by atoms with van der Waals surface area (Å²) in [5, 5.41) is 4.42. The zero-order valence-electron chi connectivity index (χ0n) is 13.6. The van der Waals surface area contributed by atoms with Crippen molar-refractivity contribution in [1.82, 2.24) is 0 Å². The van der Waals surface area contributed by atoms with Crippen LogP contribution in [0, 0.1) is 11.6 Å². The predicted molar refractivity (Wildman–Crippen MR) is 95.4 cm³/mol. The van der Waals surface area contributed by atoms with Crippen LogP contribution in [0.4, 0.5) is 13.8 Å². The number of thiophene rings is 1. The van der Waals surface area contributed by atoms with Gasteiger partial charge in [-0.15, -0.1) is 11.3 Å². The summed E-state index contributed by atoms with van der Waals surface area (Å²) >= 11 is 1.10. The monoisotopic (exact) mass is 373 g/mol. The maximum absolute atomic E-state index is 13.8. The standard InChI is InChI=1S/C19H13F2NO3S/c1-25-19(24)16-14(11-6-8-12(20)9-7-11)10-26-18(16)22-17(23)13-4-2-3-5-15(13)21/h2-10H,1H3,(H,22,23). The SMILES string of the molecule is COC(=O)c1c(-c2ccc(F)cc2)csc1NC(=O)c1ccccc1F. The van der Waals surface area contributed by atoms with Gasteiger partial charge in [0.05, 0.1) is 12.7 Å². The number of rotatable bonds is 4. The molecule has 0 saturated carbocycles. The molecule has 0 unspecified atom stereocenters. The van der Waals surface area contributed by atoms with Gasteiger partial charge >= 0.3 is 5.97 Å². The lowest BCUT2D eigenvalue weighted by Gasteiger charge is -2.08. The summed E-state index contributed by atoms with van der Waals surface area (Å²) < 4.78 is 31.7. The number of nitrogens with one attached hydrogen (secondary N) is 1. The fraction of sp³-hybridized carbons (Fsp3) is 0.0526. The van der Waals surface area contributed by atoms with Gasteiger partial charge in [-0.25, -0.2) is 13.6 Å². The van der Waals surface area contributed by atoms with Crippen LogP contribution >= 0.6 is 11.3 Å². The highest BCUT2D eigenvalue weighted by Crippen LogP contribution is 2.36. The summed E-state index contributed by atoms with van der Waals surface area (Å²) in [5.41, 5.74) is 1.08. The second-order valence-corrected chi connectivity index (χ2v) is 6.17. The average molecular weight is 373 g/mol. The van der Waals surface area contributed by atoms with E-state index in [1.54, 1.807) is 5.38 Å². The highest BCUT2D eigenvalue weighted by Gasteiger charge is 2.23. The van der Waals surface area contributed by atoms with Crippen molar-refractivity contribution in [3.63, 3.8) is 0 Å². The van der Waals surface area contributed by atoms with E-state index in [0.29, 0.717) is 11.1 Å². The fourth-order valence-corrected chi connectivity index (χ4v) is 3.36. The Morgan fingerprint density at radius 3 is 2.38 bits per heavy atom. The normalized spacial score (nSPS) is 10.4. The van der Waals surface area contributed by atoms with Gasteiger partial charge < -0.3 is 10.1 Å². The molecule has 0 saturated heterocycles. The first-order valence-corrected chi connectivity index (χ1v) is 8.41. The number of carbonyl (C=O) groups excluding carboxylic acids is 2. The third-order valence-corrected chi connectivity index (χ3v) is 4.58. The first kappa shape index (κ1) is 17.8. The lowest BCUT2D eigenvalue weighted by molar-refractivity contribution is 0.0603. The van der Waals surface area contributed by atoms with Crippen LogP contribution in [0.1, 0.15) is 20.7 Å². The van der Waals surface area contributed by atoms with E-state index in [9.17, 15) is 18.4 Å². The molecule has 1 heterocycles. The molecule has 0 fully saturated rings. The van der Waals surface area contributed by atoms with E-state index < -0.39 is 23.5 Å². The van der Waals surface area contributed by atoms with Gasteiger partial charge in [-0.2, -0.15) is 0 Å². The van der Waals surface area contributed by atoms with Crippen LogP contribution in [0.15, 0.2) is 53.9 Å².